The molecule has 0 aliphatic heterocycles. The van der Waals surface area contributed by atoms with Crippen LogP contribution >= 0.6 is 38.9 Å². The fourth-order valence-corrected chi connectivity index (χ4v) is 5.80. The molecular weight excluding hydrogens is 424 g/mol. The number of nitrogens with zero attached hydrogens (tertiary/aromatic N) is 2. The van der Waals surface area contributed by atoms with Gasteiger partial charge in [0.15, 0.2) is 0 Å². The van der Waals surface area contributed by atoms with Crippen LogP contribution in [0.4, 0.5) is 5.82 Å². The summed E-state index contributed by atoms with van der Waals surface area (Å²) >= 11 is 11.6. The van der Waals surface area contributed by atoms with Crippen LogP contribution in [0.1, 0.15) is 42.2 Å². The normalized spacial score (nSPS) is 20.9. The Kier molecular flexibility index (Phi) is 4.99. The summed E-state index contributed by atoms with van der Waals surface area (Å²) in [5.74, 6) is 1.93. The van der Waals surface area contributed by atoms with Crippen LogP contribution in [0, 0.1) is 0 Å². The highest BCUT2D eigenvalue weighted by Crippen LogP contribution is 2.45. The fraction of sp³-hybridized carbons (Fsp3) is 0.412. The first-order chi connectivity index (χ1) is 12.1. The number of thiophene rings is 1. The molecule has 5 nitrogen and oxygen atoms in total. The third kappa shape index (κ3) is 3.43. The third-order valence-corrected chi connectivity index (χ3v) is 7.19. The molecule has 1 fully saturated rings. The number of nitrogens with one attached hydrogen (secondary N) is 1. The van der Waals surface area contributed by atoms with E-state index in [0.717, 1.165) is 39.1 Å². The maximum atomic E-state index is 6.39. The Morgan fingerprint density at radius 2 is 2.20 bits per heavy atom. The third-order valence-electron chi connectivity index (χ3n) is 4.64. The van der Waals surface area contributed by atoms with Crippen LogP contribution in [0.25, 0.3) is 10.2 Å². The smallest absolute Gasteiger partial charge is 0.225 e. The molecular formula is C17H18BrClN4OS. The summed E-state index contributed by atoms with van der Waals surface area (Å²) < 4.78 is 7.37. The van der Waals surface area contributed by atoms with Crippen molar-refractivity contribution in [2.45, 2.75) is 44.2 Å². The number of aromatic nitrogens is 2. The van der Waals surface area contributed by atoms with Crippen LogP contribution < -0.4 is 11.1 Å². The van der Waals surface area contributed by atoms with Crippen molar-refractivity contribution < 1.29 is 4.42 Å². The largest absolute Gasteiger partial charge is 0.467 e. The molecule has 0 amide bonds. The Morgan fingerprint density at radius 3 is 2.96 bits per heavy atom. The monoisotopic (exact) mass is 440 g/mol. The highest BCUT2D eigenvalue weighted by molar-refractivity contribution is 9.10. The molecule has 1 saturated carbocycles. The standard InChI is InChI=1S/C17H18BrClN4OS/c18-12-13-15(25-14(12)10-5-1-2-6-11(10)20)16(23-17(19)22-13)21-8-9-4-3-7-24-9/h3-4,7,10-11H,1-2,5-6,8,20H2,(H,21,22,23)/t10-,11-/m0/s1. The molecule has 0 saturated heterocycles. The van der Waals surface area contributed by atoms with Gasteiger partial charge >= 0.3 is 0 Å². The van der Waals surface area contributed by atoms with Crippen molar-refractivity contribution in [2.24, 2.45) is 5.73 Å². The Morgan fingerprint density at radius 1 is 1.36 bits per heavy atom. The lowest BCUT2D eigenvalue weighted by Gasteiger charge is -2.27. The Hall–Kier alpha value is -1.15. The molecule has 3 heterocycles. The summed E-state index contributed by atoms with van der Waals surface area (Å²) in [5, 5.41) is 3.54. The van der Waals surface area contributed by atoms with E-state index in [4.69, 9.17) is 21.8 Å². The fourth-order valence-electron chi connectivity index (χ4n) is 3.37. The molecule has 132 valence electrons. The number of fused-ring (bicyclic) bond motifs is 1. The number of nitrogens with two attached hydrogens (primary N) is 1. The van der Waals surface area contributed by atoms with E-state index in [1.54, 1.807) is 17.6 Å². The van der Waals surface area contributed by atoms with E-state index < -0.39 is 0 Å². The number of hydrogen-bond donors (Lipinski definition) is 2. The molecule has 3 N–H and O–H groups in total. The zero-order chi connectivity index (χ0) is 17.4. The first kappa shape index (κ1) is 17.3. The molecule has 1 aliphatic rings. The van der Waals surface area contributed by atoms with E-state index >= 15 is 0 Å². The average molecular weight is 442 g/mol. The van der Waals surface area contributed by atoms with Crippen LogP contribution in [-0.4, -0.2) is 16.0 Å². The molecule has 4 rings (SSSR count). The van der Waals surface area contributed by atoms with Gasteiger partial charge in [-0.3, -0.25) is 0 Å². The maximum Gasteiger partial charge on any atom is 0.225 e. The van der Waals surface area contributed by atoms with E-state index in [0.29, 0.717) is 12.5 Å². The first-order valence-corrected chi connectivity index (χ1v) is 10.3. The topological polar surface area (TPSA) is 77.0 Å². The van der Waals surface area contributed by atoms with E-state index in [9.17, 15) is 0 Å². The van der Waals surface area contributed by atoms with E-state index in [2.05, 4.69) is 31.2 Å². The molecule has 3 aromatic heterocycles. The minimum absolute atomic E-state index is 0.195. The van der Waals surface area contributed by atoms with Crippen molar-refractivity contribution in [3.63, 3.8) is 0 Å². The highest BCUT2D eigenvalue weighted by Gasteiger charge is 2.29. The van der Waals surface area contributed by atoms with Crippen LogP contribution in [-0.2, 0) is 6.54 Å². The van der Waals surface area contributed by atoms with Gasteiger partial charge in [-0.2, -0.15) is 4.98 Å². The summed E-state index contributed by atoms with van der Waals surface area (Å²) in [6, 6.07) is 3.98. The van der Waals surface area contributed by atoms with Crippen LogP contribution in [0.2, 0.25) is 5.28 Å². The lowest BCUT2D eigenvalue weighted by Crippen LogP contribution is -2.30. The Labute approximate surface area is 163 Å². The van der Waals surface area contributed by atoms with Crippen molar-refractivity contribution in [1.82, 2.24) is 9.97 Å². The minimum atomic E-state index is 0.195. The highest BCUT2D eigenvalue weighted by atomic mass is 79.9. The van der Waals surface area contributed by atoms with E-state index in [1.807, 2.05) is 12.1 Å². The molecule has 8 heteroatoms. The van der Waals surface area contributed by atoms with Gasteiger partial charge in [0.1, 0.15) is 17.1 Å². The van der Waals surface area contributed by atoms with Gasteiger partial charge in [-0.1, -0.05) is 12.8 Å². The number of hydrogen-bond acceptors (Lipinski definition) is 6. The second kappa shape index (κ2) is 7.23. The van der Waals surface area contributed by atoms with Crippen molar-refractivity contribution in [1.29, 1.82) is 0 Å². The van der Waals surface area contributed by atoms with Gasteiger partial charge < -0.3 is 15.5 Å². The van der Waals surface area contributed by atoms with Crippen molar-refractivity contribution in [3.05, 3.63) is 38.8 Å². The Balaban J connectivity index is 1.72. The molecule has 0 aromatic carbocycles. The maximum absolute atomic E-state index is 6.39. The van der Waals surface area contributed by atoms with Crippen LogP contribution in [0.5, 0.6) is 0 Å². The number of anilines is 1. The molecule has 0 radical (unpaired) electrons. The van der Waals surface area contributed by atoms with Crippen molar-refractivity contribution >= 4 is 54.9 Å². The molecule has 0 spiro atoms. The molecule has 2 atom stereocenters. The predicted octanol–water partition coefficient (Wildman–Crippen LogP) is 5.30. The van der Waals surface area contributed by atoms with Gasteiger partial charge in [0.2, 0.25) is 5.28 Å². The zero-order valence-electron chi connectivity index (χ0n) is 13.5. The average Bonchev–Trinajstić information content (AvgIpc) is 3.22. The number of rotatable bonds is 4. The lowest BCUT2D eigenvalue weighted by atomic mass is 9.84. The second-order valence-electron chi connectivity index (χ2n) is 6.29. The van der Waals surface area contributed by atoms with Crippen molar-refractivity contribution in [2.75, 3.05) is 5.32 Å². The lowest BCUT2D eigenvalue weighted by molar-refractivity contribution is 0.389. The van der Waals surface area contributed by atoms with Crippen LogP contribution in [0.15, 0.2) is 27.3 Å². The molecule has 1 aliphatic carbocycles. The van der Waals surface area contributed by atoms with E-state index in [-0.39, 0.29) is 11.3 Å². The van der Waals surface area contributed by atoms with Crippen molar-refractivity contribution in [3.8, 4) is 0 Å². The second-order valence-corrected chi connectivity index (χ2v) is 8.47. The SMILES string of the molecule is N[C@H]1CCCC[C@@H]1c1sc2c(NCc3ccco3)nc(Cl)nc2c1Br. The zero-order valence-corrected chi connectivity index (χ0v) is 16.6. The summed E-state index contributed by atoms with van der Waals surface area (Å²) in [4.78, 5) is 10.1. The Bertz CT molecular complexity index is 883. The van der Waals surface area contributed by atoms with Gasteiger partial charge in [0, 0.05) is 16.8 Å². The molecule has 25 heavy (non-hydrogen) atoms. The minimum Gasteiger partial charge on any atom is -0.467 e. The number of halogens is 2. The van der Waals surface area contributed by atoms with Gasteiger partial charge in [-0.15, -0.1) is 11.3 Å². The van der Waals surface area contributed by atoms with Gasteiger partial charge in [-0.25, -0.2) is 4.98 Å². The summed E-state index contributed by atoms with van der Waals surface area (Å²) in [6.07, 6.45) is 6.27. The summed E-state index contributed by atoms with van der Waals surface area (Å²) in [5.41, 5.74) is 7.24. The number of furan rings is 1. The van der Waals surface area contributed by atoms with Gasteiger partial charge in [0.05, 0.1) is 22.0 Å². The van der Waals surface area contributed by atoms with Gasteiger partial charge in [-0.05, 0) is 52.5 Å². The first-order valence-electron chi connectivity index (χ1n) is 8.30. The predicted molar refractivity (Wildman–Crippen MR) is 105 cm³/mol. The summed E-state index contributed by atoms with van der Waals surface area (Å²) in [7, 11) is 0. The van der Waals surface area contributed by atoms with Gasteiger partial charge in [0.25, 0.3) is 0 Å². The van der Waals surface area contributed by atoms with E-state index in [1.165, 1.54) is 17.7 Å². The summed E-state index contributed by atoms with van der Waals surface area (Å²) in [6.45, 7) is 0.545. The molecule has 0 unspecified atom stereocenters. The molecule has 0 bridgehead atoms. The quantitative estimate of drug-likeness (QED) is 0.537. The van der Waals surface area contributed by atoms with Crippen LogP contribution in [0.3, 0.4) is 0 Å². The molecule has 3 aromatic rings.